The van der Waals surface area contributed by atoms with Gasteiger partial charge in [0.2, 0.25) is 0 Å². The highest BCUT2D eigenvalue weighted by Crippen LogP contribution is 2.48. The summed E-state index contributed by atoms with van der Waals surface area (Å²) in [5, 5.41) is 11.7. The van der Waals surface area contributed by atoms with Crippen molar-refractivity contribution in [2.75, 3.05) is 19.1 Å². The Kier molecular flexibility index (Phi) is 6.20. The molecule has 1 atom stereocenters. The Morgan fingerprint density at radius 1 is 1.03 bits per heavy atom. The Hall–Kier alpha value is -4.17. The number of aliphatic hydroxyl groups excluding tert-OH is 1. The van der Waals surface area contributed by atoms with E-state index in [4.69, 9.17) is 14.5 Å². The predicted molar refractivity (Wildman–Crippen MR) is 140 cm³/mol. The number of thiazole rings is 1. The molecule has 1 aliphatic heterocycles. The molecule has 0 saturated carbocycles. The van der Waals surface area contributed by atoms with Crippen LogP contribution < -0.4 is 14.4 Å². The summed E-state index contributed by atoms with van der Waals surface area (Å²) in [6.07, 6.45) is 0.867. The minimum Gasteiger partial charge on any atom is -0.507 e. The number of fused-ring (bicyclic) bond motifs is 1. The second kappa shape index (κ2) is 9.47. The van der Waals surface area contributed by atoms with Crippen molar-refractivity contribution in [3.63, 3.8) is 0 Å². The first-order valence-electron chi connectivity index (χ1n) is 11.4. The highest BCUT2D eigenvalue weighted by atomic mass is 32.1. The summed E-state index contributed by atoms with van der Waals surface area (Å²) in [4.78, 5) is 33.0. The van der Waals surface area contributed by atoms with Crippen LogP contribution in [-0.2, 0) is 16.0 Å². The van der Waals surface area contributed by atoms with Crippen LogP contribution in [-0.4, -0.2) is 36.0 Å². The van der Waals surface area contributed by atoms with Gasteiger partial charge in [-0.3, -0.25) is 14.5 Å². The number of benzene rings is 3. The van der Waals surface area contributed by atoms with E-state index in [1.54, 1.807) is 42.5 Å². The standard InChI is InChI=1S/C28H24N2O5S/c1-4-16-13-14-19-21(15-16)36-28(29-19)30-23(18-11-8-12-20(34-2)26(18)35-3)22(25(32)27(30)33)24(31)17-9-6-5-7-10-17/h5-15,23,31H,4H2,1-3H3. The molecule has 0 radical (unpaired) electrons. The molecule has 0 spiro atoms. The Labute approximate surface area is 212 Å². The molecular weight excluding hydrogens is 476 g/mol. The molecule has 0 aliphatic carbocycles. The molecule has 4 aromatic rings. The van der Waals surface area contributed by atoms with E-state index in [0.29, 0.717) is 27.8 Å². The van der Waals surface area contributed by atoms with Crippen LogP contribution in [0.25, 0.3) is 16.0 Å². The lowest BCUT2D eigenvalue weighted by Gasteiger charge is -2.25. The average molecular weight is 501 g/mol. The first kappa shape index (κ1) is 23.6. The van der Waals surface area contributed by atoms with Crippen LogP contribution in [0.3, 0.4) is 0 Å². The number of aromatic nitrogens is 1. The summed E-state index contributed by atoms with van der Waals surface area (Å²) in [6, 6.07) is 18.9. The number of carbonyl (C=O) groups excluding carboxylic acids is 2. The molecule has 2 heterocycles. The highest BCUT2D eigenvalue weighted by Gasteiger charge is 2.49. The Morgan fingerprint density at radius 2 is 1.81 bits per heavy atom. The lowest BCUT2D eigenvalue weighted by atomic mass is 9.94. The van der Waals surface area contributed by atoms with Crippen molar-refractivity contribution in [3.8, 4) is 11.5 Å². The number of amides is 1. The van der Waals surface area contributed by atoms with Crippen molar-refractivity contribution in [2.24, 2.45) is 0 Å². The van der Waals surface area contributed by atoms with Crippen LogP contribution in [0.1, 0.15) is 29.7 Å². The summed E-state index contributed by atoms with van der Waals surface area (Å²) in [6.45, 7) is 2.07. The maximum atomic E-state index is 13.5. The number of ether oxygens (including phenoxy) is 2. The summed E-state index contributed by atoms with van der Waals surface area (Å²) in [5.74, 6) is -1.01. The van der Waals surface area contributed by atoms with Crippen molar-refractivity contribution < 1.29 is 24.2 Å². The quantitative estimate of drug-likeness (QED) is 0.214. The minimum absolute atomic E-state index is 0.0359. The van der Waals surface area contributed by atoms with Gasteiger partial charge in [-0.2, -0.15) is 0 Å². The lowest BCUT2D eigenvalue weighted by molar-refractivity contribution is -0.132. The van der Waals surface area contributed by atoms with E-state index in [1.807, 2.05) is 24.3 Å². The molecule has 3 aromatic carbocycles. The number of rotatable bonds is 6. The summed E-state index contributed by atoms with van der Waals surface area (Å²) >= 11 is 1.33. The third-order valence-electron chi connectivity index (χ3n) is 6.28. The second-order valence-corrected chi connectivity index (χ2v) is 9.28. The molecule has 1 aromatic heterocycles. The third-order valence-corrected chi connectivity index (χ3v) is 7.29. The smallest absolute Gasteiger partial charge is 0.301 e. The molecule has 5 rings (SSSR count). The van der Waals surface area contributed by atoms with Crippen LogP contribution in [0, 0.1) is 0 Å². The molecule has 1 fully saturated rings. The number of nitrogens with zero attached hydrogens (tertiary/aromatic N) is 2. The monoisotopic (exact) mass is 500 g/mol. The Balaban J connectivity index is 1.78. The van der Waals surface area contributed by atoms with Gasteiger partial charge in [0.05, 0.1) is 30.0 Å². The first-order valence-corrected chi connectivity index (χ1v) is 12.3. The number of hydrogen-bond acceptors (Lipinski definition) is 7. The molecule has 1 aliphatic rings. The predicted octanol–water partition coefficient (Wildman–Crippen LogP) is 5.50. The molecule has 36 heavy (non-hydrogen) atoms. The van der Waals surface area contributed by atoms with E-state index in [2.05, 4.69) is 6.92 Å². The van der Waals surface area contributed by atoms with Gasteiger partial charge in [0, 0.05) is 11.1 Å². The van der Waals surface area contributed by atoms with Crippen molar-refractivity contribution in [1.82, 2.24) is 4.98 Å². The maximum Gasteiger partial charge on any atom is 0.301 e. The van der Waals surface area contributed by atoms with Gasteiger partial charge < -0.3 is 14.6 Å². The van der Waals surface area contributed by atoms with E-state index in [-0.39, 0.29) is 11.3 Å². The molecule has 0 bridgehead atoms. The number of para-hydroxylation sites is 1. The van der Waals surface area contributed by atoms with E-state index in [0.717, 1.165) is 22.2 Å². The van der Waals surface area contributed by atoms with Gasteiger partial charge in [0.1, 0.15) is 11.8 Å². The highest BCUT2D eigenvalue weighted by molar-refractivity contribution is 7.22. The lowest BCUT2D eigenvalue weighted by Crippen LogP contribution is -2.29. The van der Waals surface area contributed by atoms with E-state index >= 15 is 0 Å². The largest absolute Gasteiger partial charge is 0.507 e. The van der Waals surface area contributed by atoms with Crippen molar-refractivity contribution in [2.45, 2.75) is 19.4 Å². The summed E-state index contributed by atoms with van der Waals surface area (Å²) < 4.78 is 12.1. The van der Waals surface area contributed by atoms with Crippen molar-refractivity contribution in [3.05, 3.63) is 89.0 Å². The van der Waals surface area contributed by atoms with E-state index in [1.165, 1.54) is 30.5 Å². The molecule has 1 saturated heterocycles. The summed E-state index contributed by atoms with van der Waals surface area (Å²) in [5.41, 5.74) is 2.77. The molecule has 1 amide bonds. The molecule has 7 nitrogen and oxygen atoms in total. The van der Waals surface area contributed by atoms with Crippen LogP contribution in [0.4, 0.5) is 5.13 Å². The Bertz CT molecular complexity index is 1510. The van der Waals surface area contributed by atoms with Gasteiger partial charge in [0.15, 0.2) is 16.6 Å². The molecule has 8 heteroatoms. The number of Topliss-reactive ketones (excluding diaryl/α,β-unsaturated/α-hetero) is 1. The SMILES string of the molecule is CCc1ccc2nc(N3C(=O)C(=O)C(=C(O)c4ccccc4)C3c3cccc(OC)c3OC)sc2c1. The topological polar surface area (TPSA) is 89.0 Å². The zero-order valence-corrected chi connectivity index (χ0v) is 20.8. The second-order valence-electron chi connectivity index (χ2n) is 8.27. The average Bonchev–Trinajstić information content (AvgIpc) is 3.45. The molecule has 182 valence electrons. The van der Waals surface area contributed by atoms with Crippen LogP contribution in [0.15, 0.2) is 72.3 Å². The van der Waals surface area contributed by atoms with Crippen LogP contribution in [0.2, 0.25) is 0 Å². The van der Waals surface area contributed by atoms with Crippen molar-refractivity contribution in [1.29, 1.82) is 0 Å². The number of ketones is 1. The Morgan fingerprint density at radius 3 is 2.50 bits per heavy atom. The number of aryl methyl sites for hydroxylation is 1. The molecule has 1 N–H and O–H groups in total. The number of aliphatic hydroxyl groups is 1. The fraction of sp³-hybridized carbons (Fsp3) is 0.179. The van der Waals surface area contributed by atoms with E-state index in [9.17, 15) is 14.7 Å². The molecular formula is C28H24N2O5S. The van der Waals surface area contributed by atoms with Gasteiger partial charge in [-0.15, -0.1) is 0 Å². The first-order chi connectivity index (χ1) is 17.5. The van der Waals surface area contributed by atoms with Gasteiger partial charge in [-0.05, 0) is 30.2 Å². The van der Waals surface area contributed by atoms with Gasteiger partial charge in [-0.1, -0.05) is 66.8 Å². The third kappa shape index (κ3) is 3.79. The zero-order valence-electron chi connectivity index (χ0n) is 20.0. The van der Waals surface area contributed by atoms with Crippen LogP contribution >= 0.6 is 11.3 Å². The molecule has 1 unspecified atom stereocenters. The van der Waals surface area contributed by atoms with Crippen LogP contribution in [0.5, 0.6) is 11.5 Å². The van der Waals surface area contributed by atoms with Gasteiger partial charge in [0.25, 0.3) is 5.78 Å². The fourth-order valence-corrected chi connectivity index (χ4v) is 5.54. The van der Waals surface area contributed by atoms with Crippen molar-refractivity contribution >= 4 is 44.1 Å². The minimum atomic E-state index is -0.971. The number of anilines is 1. The summed E-state index contributed by atoms with van der Waals surface area (Å²) in [7, 11) is 3.01. The number of methoxy groups -OCH3 is 2. The normalized spacial score (nSPS) is 17.1. The van der Waals surface area contributed by atoms with E-state index < -0.39 is 17.7 Å². The van der Waals surface area contributed by atoms with Gasteiger partial charge >= 0.3 is 5.91 Å². The number of carbonyl (C=O) groups is 2. The fourth-order valence-electron chi connectivity index (χ4n) is 4.48. The van der Waals surface area contributed by atoms with Gasteiger partial charge in [-0.25, -0.2) is 4.98 Å². The zero-order chi connectivity index (χ0) is 25.4. The number of hydrogen-bond donors (Lipinski definition) is 1. The maximum absolute atomic E-state index is 13.5.